The van der Waals surface area contributed by atoms with Crippen molar-refractivity contribution in [3.05, 3.63) is 56.5 Å². The lowest BCUT2D eigenvalue weighted by molar-refractivity contribution is -0.123. The molecule has 3 rings (SSSR count). The molecule has 0 unspecified atom stereocenters. The highest BCUT2D eigenvalue weighted by atomic mass is 32.2. The van der Waals surface area contributed by atoms with E-state index in [2.05, 4.69) is 4.37 Å². The van der Waals surface area contributed by atoms with Gasteiger partial charge in [0.15, 0.2) is 0 Å². The molecule has 2 heterocycles. The zero-order valence-corrected chi connectivity index (χ0v) is 18.1. The largest absolute Gasteiger partial charge is 0.335 e. The maximum atomic E-state index is 12.6. The number of hydrogen-bond acceptors (Lipinski definition) is 7. The van der Waals surface area contributed by atoms with Crippen molar-refractivity contribution < 1.29 is 13.2 Å². The Labute approximate surface area is 170 Å². The number of fused-ring (bicyclic) bond motifs is 1. The van der Waals surface area contributed by atoms with Gasteiger partial charge in [0.2, 0.25) is 15.9 Å². The highest BCUT2D eigenvalue weighted by molar-refractivity contribution is 7.89. The van der Waals surface area contributed by atoms with Gasteiger partial charge in [0, 0.05) is 24.2 Å². The molecule has 29 heavy (non-hydrogen) atoms. The number of sulfonamides is 1. The molecule has 0 spiro atoms. The normalized spacial score (nSPS) is 12.3. The molecule has 3 aromatic rings. The third kappa shape index (κ3) is 3.75. The summed E-state index contributed by atoms with van der Waals surface area (Å²) in [5.41, 5.74) is -0.990. The van der Waals surface area contributed by atoms with Crippen LogP contribution in [0.3, 0.4) is 0 Å². The first-order chi connectivity index (χ1) is 13.3. The summed E-state index contributed by atoms with van der Waals surface area (Å²) >= 11 is 1.14. The zero-order chi connectivity index (χ0) is 21.7. The Bertz CT molecular complexity index is 1360. The molecule has 1 aromatic carbocycles. The predicted molar refractivity (Wildman–Crippen MR) is 111 cm³/mol. The smallest absolute Gasteiger partial charge is 0.301 e. The Morgan fingerprint density at radius 2 is 1.86 bits per heavy atom. The topological polar surface area (TPSA) is 120 Å². The first-order valence-corrected chi connectivity index (χ1v) is 11.2. The molecule has 2 aromatic heterocycles. The maximum Gasteiger partial charge on any atom is 0.335 e. The average molecular weight is 437 g/mol. The summed E-state index contributed by atoms with van der Waals surface area (Å²) in [5, 5.41) is 0.565. The molecule has 9 nitrogen and oxygen atoms in total. The minimum atomic E-state index is -3.74. The van der Waals surface area contributed by atoms with Crippen molar-refractivity contribution in [3.8, 4) is 5.69 Å². The number of nitrogens with zero attached hydrogens (tertiary/aromatic N) is 3. The van der Waals surface area contributed by atoms with Crippen molar-refractivity contribution in [1.82, 2.24) is 18.2 Å². The summed E-state index contributed by atoms with van der Waals surface area (Å²) in [6.07, 6.45) is 0.901. The number of aryl methyl sites for hydroxylation is 1. The summed E-state index contributed by atoms with van der Waals surface area (Å²) in [6.45, 7) is 4.79. The van der Waals surface area contributed by atoms with Gasteiger partial charge in [-0.2, -0.15) is 4.37 Å². The second kappa shape index (κ2) is 6.92. The van der Waals surface area contributed by atoms with Crippen LogP contribution in [0.1, 0.15) is 25.2 Å². The van der Waals surface area contributed by atoms with E-state index >= 15 is 0 Å². The lowest BCUT2D eigenvalue weighted by Crippen LogP contribution is -2.42. The minimum absolute atomic E-state index is 0.337. The van der Waals surface area contributed by atoms with Crippen LogP contribution in [0.25, 0.3) is 15.8 Å². The van der Waals surface area contributed by atoms with E-state index in [0.717, 1.165) is 27.1 Å². The molecule has 0 aliphatic rings. The van der Waals surface area contributed by atoms with Crippen LogP contribution in [0, 0.1) is 6.92 Å². The lowest BCUT2D eigenvalue weighted by Gasteiger charge is -2.21. The Morgan fingerprint density at radius 3 is 2.48 bits per heavy atom. The number of nitrogens with one attached hydrogen (secondary N) is 1. The van der Waals surface area contributed by atoms with E-state index in [0.29, 0.717) is 22.5 Å². The van der Waals surface area contributed by atoms with Crippen molar-refractivity contribution in [1.29, 1.82) is 0 Å². The number of rotatable bonds is 4. The molecule has 0 saturated carbocycles. The van der Waals surface area contributed by atoms with Gasteiger partial charge in [0.1, 0.15) is 0 Å². The molecule has 0 fully saturated rings. The van der Waals surface area contributed by atoms with E-state index in [1.807, 2.05) is 4.72 Å². The number of amides is 1. The molecular formula is C18H20N4O5S2. The molecule has 0 saturated heterocycles. The van der Waals surface area contributed by atoms with Gasteiger partial charge in [-0.1, -0.05) is 0 Å². The van der Waals surface area contributed by atoms with Gasteiger partial charge < -0.3 is 4.57 Å². The highest BCUT2D eigenvalue weighted by Crippen LogP contribution is 2.33. The fourth-order valence-corrected chi connectivity index (χ4v) is 4.38. The third-order valence-electron chi connectivity index (χ3n) is 4.71. The molecule has 0 aliphatic carbocycles. The fraction of sp³-hybridized carbons (Fsp3) is 0.333. The van der Waals surface area contributed by atoms with Gasteiger partial charge in [-0.25, -0.2) is 17.8 Å². The second-order valence-corrected chi connectivity index (χ2v) is 9.89. The molecule has 154 valence electrons. The zero-order valence-electron chi connectivity index (χ0n) is 16.5. The van der Waals surface area contributed by atoms with Crippen LogP contribution >= 0.6 is 11.5 Å². The highest BCUT2D eigenvalue weighted by Gasteiger charge is 2.35. The lowest BCUT2D eigenvalue weighted by atomic mass is 9.86. The van der Waals surface area contributed by atoms with Crippen LogP contribution in [0.15, 0.2) is 33.9 Å². The Morgan fingerprint density at radius 1 is 1.21 bits per heavy atom. The molecule has 1 N–H and O–H groups in total. The van der Waals surface area contributed by atoms with Crippen molar-refractivity contribution >= 4 is 37.5 Å². The second-order valence-electron chi connectivity index (χ2n) is 7.34. The summed E-state index contributed by atoms with van der Waals surface area (Å²) < 4.78 is 32.4. The van der Waals surface area contributed by atoms with Gasteiger partial charge >= 0.3 is 5.69 Å². The number of aromatic nitrogens is 3. The van der Waals surface area contributed by atoms with Gasteiger partial charge in [0.05, 0.1) is 27.8 Å². The number of carbonyl (C=O) groups excluding carboxylic acids is 1. The van der Waals surface area contributed by atoms with Crippen LogP contribution in [-0.2, 0) is 27.3 Å². The van der Waals surface area contributed by atoms with Crippen LogP contribution in [0.4, 0.5) is 0 Å². The predicted octanol–water partition coefficient (Wildman–Crippen LogP) is 0.808. The molecule has 0 aliphatic heterocycles. The van der Waals surface area contributed by atoms with E-state index in [4.69, 9.17) is 0 Å². The third-order valence-corrected chi connectivity index (χ3v) is 6.09. The number of benzene rings is 1. The fourth-order valence-electron chi connectivity index (χ4n) is 2.89. The average Bonchev–Trinajstić information content (AvgIpc) is 3.02. The quantitative estimate of drug-likeness (QED) is 0.646. The van der Waals surface area contributed by atoms with Gasteiger partial charge in [-0.15, -0.1) is 0 Å². The van der Waals surface area contributed by atoms with E-state index in [9.17, 15) is 22.8 Å². The molecule has 0 radical (unpaired) electrons. The Balaban J connectivity index is 2.21. The first-order valence-electron chi connectivity index (χ1n) is 8.55. The minimum Gasteiger partial charge on any atom is -0.301 e. The van der Waals surface area contributed by atoms with Gasteiger partial charge in [-0.05, 0) is 50.5 Å². The first kappa shape index (κ1) is 20.9. The van der Waals surface area contributed by atoms with Crippen molar-refractivity contribution in [2.24, 2.45) is 7.05 Å². The molecule has 0 atom stereocenters. The maximum absolute atomic E-state index is 12.6. The van der Waals surface area contributed by atoms with E-state index in [1.165, 1.54) is 10.6 Å². The molecule has 1 amide bonds. The SMILES string of the molecule is Cc1cc(=O)n(-c2ccc3snc(C(C)(C)C(=O)NS(C)(=O)=O)c3c2)c(=O)n1C. The number of carbonyl (C=O) groups is 1. The van der Waals surface area contributed by atoms with Crippen molar-refractivity contribution in [2.75, 3.05) is 6.26 Å². The summed E-state index contributed by atoms with van der Waals surface area (Å²) in [7, 11) is -2.16. The standard InChI is InChI=1S/C18H20N4O5S2/c1-10-8-14(23)22(17(25)21(10)4)11-6-7-13-12(9-11)15(19-28-13)18(2,3)16(24)20-29(5,26)27/h6-9H,1-5H3,(H,20,24). The number of hydrogen-bond donors (Lipinski definition) is 1. The summed E-state index contributed by atoms with van der Waals surface area (Å²) in [5.74, 6) is -0.721. The van der Waals surface area contributed by atoms with E-state index < -0.39 is 32.6 Å². The van der Waals surface area contributed by atoms with Crippen LogP contribution in [0.5, 0.6) is 0 Å². The van der Waals surface area contributed by atoms with Gasteiger partial charge in [0.25, 0.3) is 5.56 Å². The molecule has 11 heteroatoms. The molecule has 0 bridgehead atoms. The van der Waals surface area contributed by atoms with E-state index in [1.54, 1.807) is 46.0 Å². The molecular weight excluding hydrogens is 416 g/mol. The Kier molecular flexibility index (Phi) is 4.99. The van der Waals surface area contributed by atoms with Crippen LogP contribution in [0.2, 0.25) is 0 Å². The van der Waals surface area contributed by atoms with Crippen molar-refractivity contribution in [3.63, 3.8) is 0 Å². The van der Waals surface area contributed by atoms with Gasteiger partial charge in [-0.3, -0.25) is 14.3 Å². The summed E-state index contributed by atoms with van der Waals surface area (Å²) in [4.78, 5) is 37.6. The van der Waals surface area contributed by atoms with E-state index in [-0.39, 0.29) is 0 Å². The monoisotopic (exact) mass is 436 g/mol. The van der Waals surface area contributed by atoms with Crippen LogP contribution in [-0.4, -0.2) is 34.1 Å². The van der Waals surface area contributed by atoms with Crippen molar-refractivity contribution in [2.45, 2.75) is 26.2 Å². The summed E-state index contributed by atoms with van der Waals surface area (Å²) in [6, 6.07) is 6.32. The van der Waals surface area contributed by atoms with Crippen LogP contribution < -0.4 is 16.0 Å². The Hall–Kier alpha value is -2.79.